The highest BCUT2D eigenvalue weighted by molar-refractivity contribution is 5.86. The second-order valence-corrected chi connectivity index (χ2v) is 5.04. The quantitative estimate of drug-likeness (QED) is 0.413. The molecule has 0 saturated carbocycles. The van der Waals surface area contributed by atoms with E-state index in [1.54, 1.807) is 28.3 Å². The maximum Gasteiger partial charge on any atom is 0.241 e. The van der Waals surface area contributed by atoms with Gasteiger partial charge in [-0.1, -0.05) is 18.2 Å². The van der Waals surface area contributed by atoms with Crippen LogP contribution in [0, 0.1) is 0 Å². The van der Waals surface area contributed by atoms with Crippen LogP contribution < -0.4 is 15.4 Å². The molecule has 0 saturated heterocycles. The predicted octanol–water partition coefficient (Wildman–Crippen LogP) is 0.465. The van der Waals surface area contributed by atoms with Gasteiger partial charge in [-0.2, -0.15) is 0 Å². The lowest BCUT2D eigenvalue weighted by atomic mass is 10.2. The van der Waals surface area contributed by atoms with Crippen LogP contribution in [0.15, 0.2) is 29.3 Å². The lowest BCUT2D eigenvalue weighted by Gasteiger charge is -2.15. The SMILES string of the molecule is COCCNC(=NCc1ccccc1OC)NCC(=O)N(C)C. The first-order valence-electron chi connectivity index (χ1n) is 7.41. The molecule has 0 aliphatic carbocycles. The van der Waals surface area contributed by atoms with E-state index in [0.717, 1.165) is 11.3 Å². The number of guanidine groups is 1. The summed E-state index contributed by atoms with van der Waals surface area (Å²) < 4.78 is 10.3. The van der Waals surface area contributed by atoms with Crippen molar-refractivity contribution in [1.82, 2.24) is 15.5 Å². The molecule has 0 atom stereocenters. The van der Waals surface area contributed by atoms with Gasteiger partial charge in [0.05, 0.1) is 26.8 Å². The molecule has 7 nitrogen and oxygen atoms in total. The zero-order valence-corrected chi connectivity index (χ0v) is 14.3. The van der Waals surface area contributed by atoms with E-state index in [2.05, 4.69) is 15.6 Å². The number of likely N-dealkylation sites (N-methyl/N-ethyl adjacent to an activating group) is 1. The molecule has 0 spiro atoms. The minimum atomic E-state index is -0.0245. The van der Waals surface area contributed by atoms with Gasteiger partial charge in [0.2, 0.25) is 5.91 Å². The number of para-hydroxylation sites is 1. The Labute approximate surface area is 137 Å². The summed E-state index contributed by atoms with van der Waals surface area (Å²) in [6, 6.07) is 7.71. The van der Waals surface area contributed by atoms with E-state index >= 15 is 0 Å². The number of hydrogen-bond donors (Lipinski definition) is 2. The Balaban J connectivity index is 2.70. The average molecular weight is 322 g/mol. The number of ether oxygens (including phenoxy) is 2. The van der Waals surface area contributed by atoms with Gasteiger partial charge < -0.3 is 25.0 Å². The van der Waals surface area contributed by atoms with Crippen LogP contribution in [0.4, 0.5) is 0 Å². The van der Waals surface area contributed by atoms with Crippen LogP contribution in [0.25, 0.3) is 0 Å². The summed E-state index contributed by atoms with van der Waals surface area (Å²) in [6.07, 6.45) is 0. The normalized spacial score (nSPS) is 11.0. The van der Waals surface area contributed by atoms with Crippen molar-refractivity contribution in [1.29, 1.82) is 0 Å². The van der Waals surface area contributed by atoms with E-state index in [9.17, 15) is 4.79 Å². The molecule has 0 aromatic heterocycles. The van der Waals surface area contributed by atoms with Gasteiger partial charge in [-0.15, -0.1) is 0 Å². The average Bonchev–Trinajstić information content (AvgIpc) is 2.56. The minimum Gasteiger partial charge on any atom is -0.496 e. The molecule has 1 aromatic carbocycles. The second kappa shape index (κ2) is 10.4. The summed E-state index contributed by atoms with van der Waals surface area (Å²) in [7, 11) is 6.70. The van der Waals surface area contributed by atoms with E-state index < -0.39 is 0 Å². The van der Waals surface area contributed by atoms with Crippen molar-refractivity contribution in [2.75, 3.05) is 48.0 Å². The van der Waals surface area contributed by atoms with Gasteiger partial charge in [-0.05, 0) is 6.07 Å². The maximum atomic E-state index is 11.7. The first kappa shape index (κ1) is 18.8. The van der Waals surface area contributed by atoms with Gasteiger partial charge in [-0.25, -0.2) is 4.99 Å². The monoisotopic (exact) mass is 322 g/mol. The molecule has 0 heterocycles. The van der Waals surface area contributed by atoms with E-state index in [1.165, 1.54) is 4.90 Å². The molecule has 0 aliphatic heterocycles. The third kappa shape index (κ3) is 7.01. The lowest BCUT2D eigenvalue weighted by molar-refractivity contribution is -0.127. The lowest BCUT2D eigenvalue weighted by Crippen LogP contribution is -2.43. The molecule has 0 radical (unpaired) electrons. The van der Waals surface area contributed by atoms with Crippen LogP contribution >= 0.6 is 0 Å². The number of methoxy groups -OCH3 is 2. The predicted molar refractivity (Wildman–Crippen MR) is 90.7 cm³/mol. The number of hydrogen-bond acceptors (Lipinski definition) is 4. The molecular formula is C16H26N4O3. The molecule has 0 bridgehead atoms. The summed E-state index contributed by atoms with van der Waals surface area (Å²) >= 11 is 0. The Morgan fingerprint density at radius 2 is 1.96 bits per heavy atom. The molecule has 0 fully saturated rings. The third-order valence-corrected chi connectivity index (χ3v) is 3.10. The van der Waals surface area contributed by atoms with Crippen LogP contribution in [0.5, 0.6) is 5.75 Å². The van der Waals surface area contributed by atoms with E-state index in [1.807, 2.05) is 24.3 Å². The molecule has 2 N–H and O–H groups in total. The molecule has 1 aromatic rings. The second-order valence-electron chi connectivity index (χ2n) is 5.04. The maximum absolute atomic E-state index is 11.7. The van der Waals surface area contributed by atoms with Crippen molar-refractivity contribution in [2.45, 2.75) is 6.54 Å². The first-order valence-corrected chi connectivity index (χ1v) is 7.41. The summed E-state index contributed by atoms with van der Waals surface area (Å²) in [6.45, 7) is 1.78. The van der Waals surface area contributed by atoms with Crippen molar-refractivity contribution >= 4 is 11.9 Å². The number of carbonyl (C=O) groups is 1. The zero-order valence-electron chi connectivity index (χ0n) is 14.3. The van der Waals surface area contributed by atoms with Gasteiger partial charge in [-0.3, -0.25) is 4.79 Å². The summed E-state index contributed by atoms with van der Waals surface area (Å²) in [5.74, 6) is 1.32. The van der Waals surface area contributed by atoms with Crippen LogP contribution in [0.2, 0.25) is 0 Å². The van der Waals surface area contributed by atoms with E-state index in [-0.39, 0.29) is 12.5 Å². The van der Waals surface area contributed by atoms with Crippen molar-refractivity contribution in [2.24, 2.45) is 4.99 Å². The highest BCUT2D eigenvalue weighted by Gasteiger charge is 2.06. The van der Waals surface area contributed by atoms with Crippen LogP contribution in [-0.4, -0.2) is 64.8 Å². The summed E-state index contributed by atoms with van der Waals surface area (Å²) in [5.41, 5.74) is 0.974. The number of carbonyl (C=O) groups excluding carboxylic acids is 1. The third-order valence-electron chi connectivity index (χ3n) is 3.10. The standard InChI is InChI=1S/C16H26N4O3/c1-20(2)15(21)12-19-16(17-9-10-22-3)18-11-13-7-5-6-8-14(13)23-4/h5-8H,9-12H2,1-4H3,(H2,17,18,19). The number of nitrogens with one attached hydrogen (secondary N) is 2. The van der Waals surface area contributed by atoms with Crippen molar-refractivity contribution in [3.05, 3.63) is 29.8 Å². The fraction of sp³-hybridized carbons (Fsp3) is 0.500. The molecule has 7 heteroatoms. The Morgan fingerprint density at radius 3 is 2.61 bits per heavy atom. The van der Waals surface area contributed by atoms with Crippen molar-refractivity contribution in [3.63, 3.8) is 0 Å². The fourth-order valence-corrected chi connectivity index (χ4v) is 1.76. The van der Waals surface area contributed by atoms with Gasteiger partial charge in [0.25, 0.3) is 0 Å². The number of nitrogens with zero attached hydrogens (tertiary/aromatic N) is 2. The highest BCUT2D eigenvalue weighted by Crippen LogP contribution is 2.17. The van der Waals surface area contributed by atoms with Crippen LogP contribution in [-0.2, 0) is 16.1 Å². The number of rotatable bonds is 8. The highest BCUT2D eigenvalue weighted by atomic mass is 16.5. The first-order chi connectivity index (χ1) is 11.1. The molecule has 1 amide bonds. The number of benzene rings is 1. The zero-order chi connectivity index (χ0) is 17.1. The molecule has 0 unspecified atom stereocenters. The topological polar surface area (TPSA) is 75.2 Å². The van der Waals surface area contributed by atoms with Crippen molar-refractivity contribution < 1.29 is 14.3 Å². The molecular weight excluding hydrogens is 296 g/mol. The van der Waals surface area contributed by atoms with Gasteiger partial charge >= 0.3 is 0 Å². The van der Waals surface area contributed by atoms with Crippen molar-refractivity contribution in [3.8, 4) is 5.75 Å². The fourth-order valence-electron chi connectivity index (χ4n) is 1.76. The molecule has 1 rings (SSSR count). The number of amides is 1. The van der Waals surface area contributed by atoms with Gasteiger partial charge in [0, 0.05) is 33.3 Å². The van der Waals surface area contributed by atoms with Gasteiger partial charge in [0.15, 0.2) is 5.96 Å². The Bertz CT molecular complexity index is 518. The number of aliphatic imine (C=N–C) groups is 1. The Kier molecular flexibility index (Phi) is 8.52. The summed E-state index contributed by atoms with van der Waals surface area (Å²) in [5, 5.41) is 6.14. The Hall–Kier alpha value is -2.28. The smallest absolute Gasteiger partial charge is 0.241 e. The van der Waals surface area contributed by atoms with E-state index in [4.69, 9.17) is 9.47 Å². The molecule has 23 heavy (non-hydrogen) atoms. The molecule has 0 aliphatic rings. The minimum absolute atomic E-state index is 0.0245. The largest absolute Gasteiger partial charge is 0.496 e. The van der Waals surface area contributed by atoms with Gasteiger partial charge in [0.1, 0.15) is 5.75 Å². The molecule has 128 valence electrons. The van der Waals surface area contributed by atoms with Crippen LogP contribution in [0.3, 0.4) is 0 Å². The van der Waals surface area contributed by atoms with Crippen LogP contribution in [0.1, 0.15) is 5.56 Å². The summed E-state index contributed by atoms with van der Waals surface area (Å²) in [4.78, 5) is 17.7. The Morgan fingerprint density at radius 1 is 1.22 bits per heavy atom. The van der Waals surface area contributed by atoms with E-state index in [0.29, 0.717) is 25.7 Å².